The van der Waals surface area contributed by atoms with E-state index in [0.29, 0.717) is 16.1 Å². The maximum atomic E-state index is 12.8. The summed E-state index contributed by atoms with van der Waals surface area (Å²) in [4.78, 5) is 0.377. The zero-order chi connectivity index (χ0) is 14.2. The molecule has 2 atom stereocenters. The van der Waals surface area contributed by atoms with E-state index in [-0.39, 0.29) is 12.1 Å². The monoisotopic (exact) mass is 282 g/mol. The smallest absolute Gasteiger partial charge is 0.243 e. The van der Waals surface area contributed by atoms with E-state index in [1.54, 1.807) is 29.4 Å². The maximum absolute atomic E-state index is 12.8. The molecule has 1 heterocycles. The van der Waals surface area contributed by atoms with Gasteiger partial charge in [-0.1, -0.05) is 6.42 Å². The van der Waals surface area contributed by atoms with Crippen LogP contribution in [0.5, 0.6) is 0 Å². The summed E-state index contributed by atoms with van der Waals surface area (Å²) < 4.78 is 27.3. The third-order valence-electron chi connectivity index (χ3n) is 3.87. The van der Waals surface area contributed by atoms with Crippen LogP contribution in [0.2, 0.25) is 0 Å². The molecule has 19 heavy (non-hydrogen) atoms. The van der Waals surface area contributed by atoms with E-state index in [9.17, 15) is 8.42 Å². The quantitative estimate of drug-likeness (QED) is 0.848. The van der Waals surface area contributed by atoms with Crippen molar-refractivity contribution < 1.29 is 8.42 Å². The Morgan fingerprint density at radius 3 is 2.32 bits per heavy atom. The third kappa shape index (κ3) is 2.62. The Balaban J connectivity index is 2.46. The van der Waals surface area contributed by atoms with Gasteiger partial charge in [0, 0.05) is 17.8 Å². The van der Waals surface area contributed by atoms with Crippen molar-refractivity contribution in [2.45, 2.75) is 57.0 Å². The number of rotatable bonds is 2. The second-order valence-corrected chi connectivity index (χ2v) is 7.30. The molecule has 2 rings (SSSR count). The molecule has 2 N–H and O–H groups in total. The van der Waals surface area contributed by atoms with Crippen LogP contribution in [0.25, 0.3) is 0 Å². The minimum Gasteiger partial charge on any atom is -0.399 e. The third-order valence-corrected chi connectivity index (χ3v) is 6.16. The van der Waals surface area contributed by atoms with Crippen molar-refractivity contribution >= 4 is 15.7 Å². The van der Waals surface area contributed by atoms with Crippen LogP contribution < -0.4 is 5.73 Å². The number of nitrogen functional groups attached to an aromatic ring is 1. The summed E-state index contributed by atoms with van der Waals surface area (Å²) in [6.45, 7) is 5.77. The van der Waals surface area contributed by atoms with Gasteiger partial charge in [-0.3, -0.25) is 0 Å². The Morgan fingerprint density at radius 2 is 1.79 bits per heavy atom. The van der Waals surface area contributed by atoms with E-state index in [4.69, 9.17) is 5.73 Å². The van der Waals surface area contributed by atoms with E-state index in [1.165, 1.54) is 0 Å². The van der Waals surface area contributed by atoms with Crippen LogP contribution in [0.3, 0.4) is 0 Å². The number of piperidine rings is 1. The van der Waals surface area contributed by atoms with Crippen molar-refractivity contribution in [3.63, 3.8) is 0 Å². The largest absolute Gasteiger partial charge is 0.399 e. The molecule has 0 aliphatic carbocycles. The van der Waals surface area contributed by atoms with Gasteiger partial charge in [0.1, 0.15) is 0 Å². The van der Waals surface area contributed by atoms with Crippen molar-refractivity contribution in [1.29, 1.82) is 0 Å². The molecule has 0 saturated carbocycles. The van der Waals surface area contributed by atoms with E-state index < -0.39 is 10.0 Å². The van der Waals surface area contributed by atoms with Crippen molar-refractivity contribution in [2.24, 2.45) is 0 Å². The Hall–Kier alpha value is -1.07. The Bertz CT molecular complexity index is 559. The first-order chi connectivity index (χ1) is 8.84. The predicted molar refractivity (Wildman–Crippen MR) is 77.4 cm³/mol. The number of aryl methyl sites for hydroxylation is 1. The average molecular weight is 282 g/mol. The molecular formula is C14H22N2O2S. The summed E-state index contributed by atoms with van der Waals surface area (Å²) in [6.07, 6.45) is 2.95. The van der Waals surface area contributed by atoms with Gasteiger partial charge in [-0.05, 0) is 57.4 Å². The van der Waals surface area contributed by atoms with Crippen LogP contribution in [0.1, 0.15) is 38.7 Å². The van der Waals surface area contributed by atoms with Gasteiger partial charge in [0.25, 0.3) is 0 Å². The van der Waals surface area contributed by atoms with Gasteiger partial charge in [-0.25, -0.2) is 8.42 Å². The number of nitrogens with zero attached hydrogens (tertiary/aromatic N) is 1. The molecule has 1 aromatic carbocycles. The van der Waals surface area contributed by atoms with Crippen LogP contribution in [0.4, 0.5) is 5.69 Å². The number of anilines is 1. The van der Waals surface area contributed by atoms with E-state index in [1.807, 2.05) is 13.8 Å². The lowest BCUT2D eigenvalue weighted by Crippen LogP contribution is -2.47. The summed E-state index contributed by atoms with van der Waals surface area (Å²) in [5.74, 6) is 0. The molecule has 4 nitrogen and oxygen atoms in total. The highest BCUT2D eigenvalue weighted by Crippen LogP contribution is 2.31. The zero-order valence-corrected chi connectivity index (χ0v) is 12.6. The minimum absolute atomic E-state index is 0.0608. The molecule has 106 valence electrons. The summed E-state index contributed by atoms with van der Waals surface area (Å²) in [7, 11) is -3.43. The Morgan fingerprint density at radius 1 is 1.21 bits per heavy atom. The first kappa shape index (κ1) is 14.3. The predicted octanol–water partition coefficient (Wildman–Crippen LogP) is 2.53. The summed E-state index contributed by atoms with van der Waals surface area (Å²) >= 11 is 0. The van der Waals surface area contributed by atoms with Gasteiger partial charge >= 0.3 is 0 Å². The Kier molecular flexibility index (Phi) is 3.87. The van der Waals surface area contributed by atoms with Gasteiger partial charge in [0.05, 0.1) is 4.90 Å². The number of hydrogen-bond acceptors (Lipinski definition) is 3. The van der Waals surface area contributed by atoms with Crippen molar-refractivity contribution in [1.82, 2.24) is 4.31 Å². The molecule has 0 amide bonds. The van der Waals surface area contributed by atoms with Crippen molar-refractivity contribution in [2.75, 3.05) is 5.73 Å². The van der Waals surface area contributed by atoms with Gasteiger partial charge in [0.2, 0.25) is 10.0 Å². The highest BCUT2D eigenvalue weighted by molar-refractivity contribution is 7.89. The first-order valence-corrected chi connectivity index (χ1v) is 8.17. The normalized spacial score (nSPS) is 25.4. The number of benzene rings is 1. The van der Waals surface area contributed by atoms with E-state index in [2.05, 4.69) is 0 Å². The number of sulfonamides is 1. The molecule has 0 aromatic heterocycles. The maximum Gasteiger partial charge on any atom is 0.243 e. The van der Waals surface area contributed by atoms with Crippen LogP contribution >= 0.6 is 0 Å². The minimum atomic E-state index is -3.43. The molecule has 1 aromatic rings. The molecule has 1 saturated heterocycles. The van der Waals surface area contributed by atoms with Gasteiger partial charge in [-0.2, -0.15) is 4.31 Å². The second kappa shape index (κ2) is 5.13. The fourth-order valence-electron chi connectivity index (χ4n) is 2.95. The van der Waals surface area contributed by atoms with Gasteiger partial charge in [0.15, 0.2) is 0 Å². The van der Waals surface area contributed by atoms with Crippen molar-refractivity contribution in [3.05, 3.63) is 23.8 Å². The Labute approximate surface area is 115 Å². The van der Waals surface area contributed by atoms with E-state index >= 15 is 0 Å². The molecule has 1 aliphatic rings. The molecule has 0 spiro atoms. The summed E-state index contributed by atoms with van der Waals surface area (Å²) in [5, 5.41) is 0. The molecule has 1 aliphatic heterocycles. The first-order valence-electron chi connectivity index (χ1n) is 6.73. The molecule has 5 heteroatoms. The summed E-state index contributed by atoms with van der Waals surface area (Å²) in [6, 6.07) is 5.11. The lowest BCUT2D eigenvalue weighted by atomic mass is 10.0. The topological polar surface area (TPSA) is 63.4 Å². The summed E-state index contributed by atoms with van der Waals surface area (Å²) in [5.41, 5.74) is 7.00. The van der Waals surface area contributed by atoms with Crippen LogP contribution in [-0.4, -0.2) is 24.8 Å². The second-order valence-electron chi connectivity index (χ2n) is 5.49. The molecule has 2 unspecified atom stereocenters. The highest BCUT2D eigenvalue weighted by atomic mass is 32.2. The van der Waals surface area contributed by atoms with Crippen LogP contribution in [-0.2, 0) is 10.0 Å². The molecule has 0 radical (unpaired) electrons. The fourth-order valence-corrected chi connectivity index (χ4v) is 5.04. The average Bonchev–Trinajstić information content (AvgIpc) is 2.27. The lowest BCUT2D eigenvalue weighted by molar-refractivity contribution is 0.204. The molecular weight excluding hydrogens is 260 g/mol. The van der Waals surface area contributed by atoms with Crippen molar-refractivity contribution in [3.8, 4) is 0 Å². The van der Waals surface area contributed by atoms with Crippen LogP contribution in [0, 0.1) is 6.92 Å². The SMILES string of the molecule is Cc1cc(N)ccc1S(=O)(=O)N1C(C)CCCC1C. The zero-order valence-electron chi connectivity index (χ0n) is 11.8. The van der Waals surface area contributed by atoms with Gasteiger partial charge < -0.3 is 5.73 Å². The molecule has 1 fully saturated rings. The fraction of sp³-hybridized carbons (Fsp3) is 0.571. The number of nitrogens with two attached hydrogens (primary N) is 1. The van der Waals surface area contributed by atoms with Crippen LogP contribution in [0.15, 0.2) is 23.1 Å². The number of hydrogen-bond donors (Lipinski definition) is 1. The lowest BCUT2D eigenvalue weighted by Gasteiger charge is -2.38. The molecule has 0 bridgehead atoms. The van der Waals surface area contributed by atoms with Gasteiger partial charge in [-0.15, -0.1) is 0 Å². The standard InChI is InChI=1S/C14H22N2O2S/c1-10-9-13(15)7-8-14(10)19(17,18)16-11(2)5-4-6-12(16)3/h7-9,11-12H,4-6,15H2,1-3H3. The highest BCUT2D eigenvalue weighted by Gasteiger charge is 2.36. The van der Waals surface area contributed by atoms with E-state index in [0.717, 1.165) is 19.3 Å².